The van der Waals surface area contributed by atoms with Crippen LogP contribution in [0.3, 0.4) is 0 Å². The average Bonchev–Trinajstić information content (AvgIpc) is 3.28. The van der Waals surface area contributed by atoms with E-state index in [9.17, 15) is 8.78 Å². The van der Waals surface area contributed by atoms with Crippen molar-refractivity contribution in [1.29, 1.82) is 0 Å². The summed E-state index contributed by atoms with van der Waals surface area (Å²) in [6, 6.07) is 4.03. The molecule has 5 nitrogen and oxygen atoms in total. The number of hydrogen-bond donors (Lipinski definition) is 2. The van der Waals surface area contributed by atoms with Crippen molar-refractivity contribution in [3.8, 4) is 0 Å². The van der Waals surface area contributed by atoms with Crippen LogP contribution in [0.5, 0.6) is 0 Å². The average molecular weight is 535 g/mol. The number of aliphatic imine (C=N–C) groups is 1. The van der Waals surface area contributed by atoms with Crippen molar-refractivity contribution >= 4 is 47.0 Å². The van der Waals surface area contributed by atoms with Crippen molar-refractivity contribution in [2.45, 2.75) is 45.2 Å². The van der Waals surface area contributed by atoms with Gasteiger partial charge in [-0.3, -0.25) is 4.99 Å². The molecule has 1 aliphatic rings. The van der Waals surface area contributed by atoms with E-state index in [0.29, 0.717) is 25.6 Å². The van der Waals surface area contributed by atoms with E-state index in [1.807, 2.05) is 0 Å². The number of thiazole rings is 1. The Morgan fingerprint density at radius 3 is 2.59 bits per heavy atom. The Morgan fingerprint density at radius 2 is 2.00 bits per heavy atom. The molecule has 1 aromatic heterocycles. The Balaban J connectivity index is 0.00000300. The van der Waals surface area contributed by atoms with Gasteiger partial charge in [-0.25, -0.2) is 13.8 Å². The fraction of sp³-hybridized carbons (Fsp3) is 0.500. The summed E-state index contributed by atoms with van der Waals surface area (Å²) in [4.78, 5) is 10.7. The van der Waals surface area contributed by atoms with E-state index in [1.54, 1.807) is 23.3 Å². The van der Waals surface area contributed by atoms with Crippen LogP contribution >= 0.6 is 35.3 Å². The smallest absolute Gasteiger partial charge is 0.191 e. The van der Waals surface area contributed by atoms with E-state index < -0.39 is 11.6 Å². The molecule has 1 saturated heterocycles. The number of nitrogens with zero attached hydrogens (tertiary/aromatic N) is 3. The van der Waals surface area contributed by atoms with Gasteiger partial charge in [-0.1, -0.05) is 26.8 Å². The summed E-state index contributed by atoms with van der Waals surface area (Å²) < 4.78 is 28.0. The lowest BCUT2D eigenvalue weighted by molar-refractivity contribution is 0.570. The second-order valence-electron chi connectivity index (χ2n) is 7.95. The lowest BCUT2D eigenvalue weighted by Gasteiger charge is -2.21. The molecule has 9 heteroatoms. The van der Waals surface area contributed by atoms with Crippen LogP contribution in [0.4, 0.5) is 14.5 Å². The monoisotopic (exact) mass is 535 g/mol. The zero-order valence-electron chi connectivity index (χ0n) is 17.1. The van der Waals surface area contributed by atoms with Gasteiger partial charge in [0, 0.05) is 37.0 Å². The highest BCUT2D eigenvalue weighted by Crippen LogP contribution is 2.27. The summed E-state index contributed by atoms with van der Waals surface area (Å²) in [6.45, 7) is 8.12. The molecular weight excluding hydrogens is 507 g/mol. The molecule has 1 fully saturated rings. The van der Waals surface area contributed by atoms with Crippen molar-refractivity contribution < 1.29 is 8.78 Å². The Bertz CT molecular complexity index is 829. The van der Waals surface area contributed by atoms with Gasteiger partial charge in [0.2, 0.25) is 0 Å². The van der Waals surface area contributed by atoms with Crippen molar-refractivity contribution in [3.63, 3.8) is 0 Å². The molecule has 3 rings (SSSR count). The van der Waals surface area contributed by atoms with Crippen LogP contribution in [0.1, 0.15) is 37.9 Å². The molecule has 2 heterocycles. The van der Waals surface area contributed by atoms with Gasteiger partial charge >= 0.3 is 0 Å². The molecule has 0 aliphatic carbocycles. The van der Waals surface area contributed by atoms with Crippen molar-refractivity contribution in [2.24, 2.45) is 4.99 Å². The van der Waals surface area contributed by atoms with E-state index in [0.717, 1.165) is 17.1 Å². The zero-order chi connectivity index (χ0) is 20.3. The largest absolute Gasteiger partial charge is 0.365 e. The van der Waals surface area contributed by atoms with Crippen LogP contribution in [0.2, 0.25) is 0 Å². The van der Waals surface area contributed by atoms with Gasteiger partial charge < -0.3 is 15.5 Å². The molecule has 1 aromatic carbocycles. The predicted molar refractivity (Wildman–Crippen MR) is 127 cm³/mol. The van der Waals surface area contributed by atoms with Gasteiger partial charge in [0.05, 0.1) is 12.2 Å². The second-order valence-corrected chi connectivity index (χ2v) is 8.89. The van der Waals surface area contributed by atoms with Gasteiger partial charge in [0.25, 0.3) is 0 Å². The van der Waals surface area contributed by atoms with Gasteiger partial charge in [-0.2, -0.15) is 0 Å². The zero-order valence-corrected chi connectivity index (χ0v) is 20.3. The maximum Gasteiger partial charge on any atom is 0.191 e. The lowest BCUT2D eigenvalue weighted by Crippen LogP contribution is -2.44. The summed E-state index contributed by atoms with van der Waals surface area (Å²) in [6.07, 6.45) is 0.778. The third-order valence-electron chi connectivity index (χ3n) is 4.73. The third kappa shape index (κ3) is 6.00. The van der Waals surface area contributed by atoms with Crippen LogP contribution in [0, 0.1) is 11.6 Å². The second kappa shape index (κ2) is 10.0. The minimum Gasteiger partial charge on any atom is -0.365 e. The Kier molecular flexibility index (Phi) is 8.21. The quantitative estimate of drug-likeness (QED) is 0.349. The Labute approximate surface area is 192 Å². The van der Waals surface area contributed by atoms with Crippen LogP contribution in [-0.4, -0.2) is 37.1 Å². The standard InChI is InChI=1S/C20H27F2N5S.HI/c1-20(2,3)16-12-28-17(26-16)10-24-19(23-4)25-13-8-9-27(11-13)18-14(21)6-5-7-15(18)22;/h5-7,12-13H,8-11H2,1-4H3,(H2,23,24,25);1H. The normalized spacial score (nSPS) is 17.2. The lowest BCUT2D eigenvalue weighted by atomic mass is 9.93. The minimum absolute atomic E-state index is 0. The Morgan fingerprint density at radius 1 is 1.31 bits per heavy atom. The number of halogens is 3. The van der Waals surface area contributed by atoms with Gasteiger partial charge in [-0.15, -0.1) is 35.3 Å². The van der Waals surface area contributed by atoms with Gasteiger partial charge in [-0.05, 0) is 18.6 Å². The summed E-state index contributed by atoms with van der Waals surface area (Å²) in [5.74, 6) is -0.392. The molecule has 1 atom stereocenters. The maximum absolute atomic E-state index is 14.0. The topological polar surface area (TPSA) is 52.6 Å². The summed E-state index contributed by atoms with van der Waals surface area (Å²) in [5.41, 5.74) is 1.16. The number of nitrogens with one attached hydrogen (secondary N) is 2. The first-order valence-corrected chi connectivity index (χ1v) is 10.3. The number of hydrogen-bond acceptors (Lipinski definition) is 4. The molecule has 2 aromatic rings. The molecule has 0 bridgehead atoms. The van der Waals surface area contributed by atoms with E-state index >= 15 is 0 Å². The third-order valence-corrected chi connectivity index (χ3v) is 5.58. The molecular formula is C20H28F2IN5S. The highest BCUT2D eigenvalue weighted by Gasteiger charge is 2.27. The maximum atomic E-state index is 14.0. The molecule has 1 aliphatic heterocycles. The van der Waals surface area contributed by atoms with Crippen LogP contribution in [-0.2, 0) is 12.0 Å². The van der Waals surface area contributed by atoms with Gasteiger partial charge in [0.1, 0.15) is 22.3 Å². The minimum atomic E-state index is -0.526. The van der Waals surface area contributed by atoms with Crippen molar-refractivity contribution in [1.82, 2.24) is 15.6 Å². The number of guanidine groups is 1. The molecule has 1 unspecified atom stereocenters. The summed E-state index contributed by atoms with van der Waals surface area (Å²) in [7, 11) is 1.71. The number of para-hydroxylation sites is 1. The predicted octanol–water partition coefficient (Wildman–Crippen LogP) is 4.28. The van der Waals surface area contributed by atoms with Crippen molar-refractivity contribution in [3.05, 3.63) is 45.9 Å². The SMILES string of the molecule is CN=C(NCc1nc(C(C)(C)C)cs1)NC1CCN(c2c(F)cccc2F)C1.I. The first kappa shape index (κ1) is 23.8. The van der Waals surface area contributed by atoms with E-state index in [2.05, 4.69) is 46.8 Å². The highest BCUT2D eigenvalue weighted by molar-refractivity contribution is 14.0. The Hall–Kier alpha value is -1.49. The molecule has 160 valence electrons. The van der Waals surface area contributed by atoms with E-state index in [-0.39, 0.29) is 41.1 Å². The molecule has 29 heavy (non-hydrogen) atoms. The summed E-state index contributed by atoms with van der Waals surface area (Å²) >= 11 is 1.62. The van der Waals surface area contributed by atoms with Crippen LogP contribution in [0.15, 0.2) is 28.6 Å². The van der Waals surface area contributed by atoms with Crippen LogP contribution in [0.25, 0.3) is 0 Å². The van der Waals surface area contributed by atoms with E-state index in [1.165, 1.54) is 18.2 Å². The summed E-state index contributed by atoms with van der Waals surface area (Å²) in [5, 5.41) is 9.70. The highest BCUT2D eigenvalue weighted by atomic mass is 127. The molecule has 2 N–H and O–H groups in total. The van der Waals surface area contributed by atoms with Gasteiger partial charge in [0.15, 0.2) is 5.96 Å². The first-order valence-electron chi connectivity index (χ1n) is 9.39. The first-order chi connectivity index (χ1) is 13.3. The fourth-order valence-electron chi connectivity index (χ4n) is 3.16. The molecule has 0 amide bonds. The number of rotatable bonds is 4. The van der Waals surface area contributed by atoms with Crippen molar-refractivity contribution in [2.75, 3.05) is 25.0 Å². The molecule has 0 saturated carbocycles. The molecule has 0 spiro atoms. The van der Waals surface area contributed by atoms with E-state index in [4.69, 9.17) is 0 Å². The van der Waals surface area contributed by atoms with Crippen LogP contribution < -0.4 is 15.5 Å². The number of aromatic nitrogens is 1. The number of benzene rings is 1. The fourth-order valence-corrected chi connectivity index (χ4v) is 4.12. The number of anilines is 1. The molecule has 0 radical (unpaired) electrons.